The van der Waals surface area contributed by atoms with E-state index < -0.39 is 0 Å². The van der Waals surface area contributed by atoms with Crippen molar-refractivity contribution in [2.45, 2.75) is 40.2 Å². The predicted molar refractivity (Wildman–Crippen MR) is 71.4 cm³/mol. The second-order valence-electron chi connectivity index (χ2n) is 4.17. The first-order valence-corrected chi connectivity index (χ1v) is 6.46. The van der Waals surface area contributed by atoms with Crippen LogP contribution in [0.3, 0.4) is 0 Å². The van der Waals surface area contributed by atoms with E-state index in [2.05, 4.69) is 39.2 Å². The van der Waals surface area contributed by atoms with Crippen molar-refractivity contribution in [2.24, 2.45) is 4.99 Å². The molecule has 0 radical (unpaired) electrons. The molecule has 18 heavy (non-hydrogen) atoms. The first-order chi connectivity index (χ1) is 8.67. The van der Waals surface area contributed by atoms with Gasteiger partial charge in [-0.05, 0) is 13.3 Å². The quantitative estimate of drug-likeness (QED) is 0.616. The van der Waals surface area contributed by atoms with E-state index in [1.54, 1.807) is 6.92 Å². The zero-order valence-electron chi connectivity index (χ0n) is 11.7. The molecule has 0 bridgehead atoms. The van der Waals surface area contributed by atoms with Crippen LogP contribution in [-0.4, -0.2) is 41.1 Å². The summed E-state index contributed by atoms with van der Waals surface area (Å²) in [7, 11) is 2.04. The molecule has 6 nitrogen and oxygen atoms in total. The van der Waals surface area contributed by atoms with Gasteiger partial charge in [0.2, 0.25) is 5.89 Å². The Kier molecular flexibility index (Phi) is 6.18. The van der Waals surface area contributed by atoms with Crippen molar-refractivity contribution in [3.8, 4) is 0 Å². The molecular formula is C12H23N5O. The molecule has 0 amide bonds. The number of nitrogens with one attached hydrogen (secondary N) is 1. The average molecular weight is 253 g/mol. The lowest BCUT2D eigenvalue weighted by Crippen LogP contribution is -2.39. The van der Waals surface area contributed by atoms with Crippen molar-refractivity contribution in [3.05, 3.63) is 11.7 Å². The van der Waals surface area contributed by atoms with Gasteiger partial charge in [-0.2, -0.15) is 4.98 Å². The number of aryl methyl sites for hydroxylation is 1. The molecule has 0 aliphatic carbocycles. The third-order valence-electron chi connectivity index (χ3n) is 2.48. The van der Waals surface area contributed by atoms with Gasteiger partial charge in [-0.1, -0.05) is 18.5 Å². The lowest BCUT2D eigenvalue weighted by atomic mass is 10.3. The predicted octanol–water partition coefficient (Wildman–Crippen LogP) is 1.58. The number of nitrogens with zero attached hydrogens (tertiary/aromatic N) is 4. The zero-order valence-corrected chi connectivity index (χ0v) is 11.7. The number of hydrogen-bond donors (Lipinski definition) is 1. The summed E-state index contributed by atoms with van der Waals surface area (Å²) >= 11 is 0. The normalized spacial score (nSPS) is 11.7. The van der Waals surface area contributed by atoms with Crippen molar-refractivity contribution < 1.29 is 4.52 Å². The van der Waals surface area contributed by atoms with Gasteiger partial charge in [-0.25, -0.2) is 4.99 Å². The Morgan fingerprint density at radius 3 is 2.78 bits per heavy atom. The SMILES string of the molecule is CCCCN(C)C(=NCc1noc(C)n1)NCC. The molecule has 1 aromatic rings. The summed E-state index contributed by atoms with van der Waals surface area (Å²) in [5.74, 6) is 2.07. The topological polar surface area (TPSA) is 66.5 Å². The van der Waals surface area contributed by atoms with Crippen molar-refractivity contribution in [1.29, 1.82) is 0 Å². The molecular weight excluding hydrogens is 230 g/mol. The minimum Gasteiger partial charge on any atom is -0.357 e. The first-order valence-electron chi connectivity index (χ1n) is 6.46. The third-order valence-corrected chi connectivity index (χ3v) is 2.48. The van der Waals surface area contributed by atoms with Gasteiger partial charge in [0.05, 0.1) is 0 Å². The summed E-state index contributed by atoms with van der Waals surface area (Å²) in [6.07, 6.45) is 2.33. The van der Waals surface area contributed by atoms with Crippen molar-refractivity contribution in [3.63, 3.8) is 0 Å². The highest BCUT2D eigenvalue weighted by Crippen LogP contribution is 1.99. The third kappa shape index (κ3) is 4.73. The zero-order chi connectivity index (χ0) is 13.4. The fourth-order valence-electron chi connectivity index (χ4n) is 1.52. The van der Waals surface area contributed by atoms with Crippen LogP contribution in [0.15, 0.2) is 9.52 Å². The van der Waals surface area contributed by atoms with E-state index in [1.165, 1.54) is 6.42 Å². The van der Waals surface area contributed by atoms with Crippen LogP contribution in [0.2, 0.25) is 0 Å². The summed E-state index contributed by atoms with van der Waals surface area (Å²) in [6, 6.07) is 0. The molecule has 0 aromatic carbocycles. The van der Waals surface area contributed by atoms with Crippen LogP contribution < -0.4 is 5.32 Å². The minimum absolute atomic E-state index is 0.441. The van der Waals surface area contributed by atoms with Crippen molar-refractivity contribution in [2.75, 3.05) is 20.1 Å². The molecule has 1 aromatic heterocycles. The van der Waals surface area contributed by atoms with Crippen LogP contribution in [0, 0.1) is 6.92 Å². The van der Waals surface area contributed by atoms with Gasteiger partial charge in [0.15, 0.2) is 11.8 Å². The molecule has 6 heteroatoms. The largest absolute Gasteiger partial charge is 0.357 e. The lowest BCUT2D eigenvalue weighted by Gasteiger charge is -2.21. The van der Waals surface area contributed by atoms with Gasteiger partial charge in [-0.3, -0.25) is 0 Å². The highest BCUT2D eigenvalue weighted by molar-refractivity contribution is 5.79. The standard InChI is InChI=1S/C12H23N5O/c1-5-7-8-17(4)12(13-6-2)14-9-11-15-10(3)18-16-11/h5-9H2,1-4H3,(H,13,14). The van der Waals surface area contributed by atoms with Gasteiger partial charge < -0.3 is 14.7 Å². The van der Waals surface area contributed by atoms with Crippen LogP contribution in [0.5, 0.6) is 0 Å². The Hall–Kier alpha value is -1.59. The van der Waals surface area contributed by atoms with Crippen LogP contribution in [0.1, 0.15) is 38.4 Å². The number of aromatic nitrogens is 2. The summed E-state index contributed by atoms with van der Waals surface area (Å²) in [5, 5.41) is 7.09. The highest BCUT2D eigenvalue weighted by atomic mass is 16.5. The van der Waals surface area contributed by atoms with Crippen LogP contribution in [0.25, 0.3) is 0 Å². The maximum absolute atomic E-state index is 4.92. The van der Waals surface area contributed by atoms with E-state index in [4.69, 9.17) is 4.52 Å². The molecule has 0 aliphatic heterocycles. The van der Waals surface area contributed by atoms with Crippen molar-refractivity contribution >= 4 is 5.96 Å². The van der Waals surface area contributed by atoms with E-state index in [1.807, 2.05) is 7.05 Å². The molecule has 1 N–H and O–H groups in total. The van der Waals surface area contributed by atoms with Gasteiger partial charge in [0.25, 0.3) is 0 Å². The van der Waals surface area contributed by atoms with Gasteiger partial charge in [0.1, 0.15) is 6.54 Å². The van der Waals surface area contributed by atoms with Crippen LogP contribution >= 0.6 is 0 Å². The lowest BCUT2D eigenvalue weighted by molar-refractivity contribution is 0.387. The number of unbranched alkanes of at least 4 members (excludes halogenated alkanes) is 1. The molecule has 0 fully saturated rings. The van der Waals surface area contributed by atoms with Crippen LogP contribution in [0.4, 0.5) is 0 Å². The van der Waals surface area contributed by atoms with Crippen LogP contribution in [-0.2, 0) is 6.54 Å². The fourth-order valence-corrected chi connectivity index (χ4v) is 1.52. The molecule has 0 saturated carbocycles. The maximum atomic E-state index is 4.92. The van der Waals surface area contributed by atoms with Crippen molar-refractivity contribution in [1.82, 2.24) is 20.4 Å². The monoisotopic (exact) mass is 253 g/mol. The molecule has 102 valence electrons. The molecule has 0 atom stereocenters. The Bertz CT molecular complexity index is 374. The van der Waals surface area contributed by atoms with E-state index in [0.29, 0.717) is 18.3 Å². The highest BCUT2D eigenvalue weighted by Gasteiger charge is 2.06. The Morgan fingerprint density at radius 2 is 2.22 bits per heavy atom. The molecule has 0 spiro atoms. The molecule has 0 unspecified atom stereocenters. The second kappa shape index (κ2) is 7.68. The van der Waals surface area contributed by atoms with Gasteiger partial charge >= 0.3 is 0 Å². The summed E-state index contributed by atoms with van der Waals surface area (Å²) in [5.41, 5.74) is 0. The smallest absolute Gasteiger partial charge is 0.223 e. The molecule has 0 saturated heterocycles. The average Bonchev–Trinajstić information content (AvgIpc) is 2.77. The molecule has 0 aliphatic rings. The number of hydrogen-bond acceptors (Lipinski definition) is 4. The van der Waals surface area contributed by atoms with E-state index >= 15 is 0 Å². The fraction of sp³-hybridized carbons (Fsp3) is 0.750. The number of aliphatic imine (C=N–C) groups is 1. The summed E-state index contributed by atoms with van der Waals surface area (Å²) in [4.78, 5) is 10.8. The Labute approximate surface area is 108 Å². The molecule has 1 heterocycles. The Morgan fingerprint density at radius 1 is 1.44 bits per heavy atom. The number of guanidine groups is 1. The summed E-state index contributed by atoms with van der Waals surface area (Å²) in [6.45, 7) is 8.30. The minimum atomic E-state index is 0.441. The first kappa shape index (κ1) is 14.5. The van der Waals surface area contributed by atoms with E-state index in [9.17, 15) is 0 Å². The second-order valence-corrected chi connectivity index (χ2v) is 4.17. The number of rotatable bonds is 6. The van der Waals surface area contributed by atoms with Gasteiger partial charge in [-0.15, -0.1) is 0 Å². The summed E-state index contributed by atoms with van der Waals surface area (Å²) < 4.78 is 4.92. The maximum Gasteiger partial charge on any atom is 0.223 e. The Balaban J connectivity index is 2.59. The van der Waals surface area contributed by atoms with E-state index in [-0.39, 0.29) is 0 Å². The van der Waals surface area contributed by atoms with Gasteiger partial charge in [0, 0.05) is 27.1 Å². The molecule has 1 rings (SSSR count). The van der Waals surface area contributed by atoms with E-state index in [0.717, 1.165) is 25.5 Å².